The summed E-state index contributed by atoms with van der Waals surface area (Å²) in [6.45, 7) is 3.15. The summed E-state index contributed by atoms with van der Waals surface area (Å²) in [5, 5.41) is 6.26. The van der Waals surface area contributed by atoms with Crippen molar-refractivity contribution < 1.29 is 9.59 Å². The van der Waals surface area contributed by atoms with Crippen molar-refractivity contribution in [3.8, 4) is 0 Å². The third-order valence-electron chi connectivity index (χ3n) is 4.44. The lowest BCUT2D eigenvalue weighted by Gasteiger charge is -2.22. The molecule has 6 N–H and O–H groups in total. The second-order valence-corrected chi connectivity index (χ2v) is 6.70. The van der Waals surface area contributed by atoms with Gasteiger partial charge in [-0.25, -0.2) is 4.98 Å². The summed E-state index contributed by atoms with van der Waals surface area (Å²) in [4.78, 5) is 31.7. The van der Waals surface area contributed by atoms with E-state index < -0.39 is 11.4 Å². The third-order valence-corrected chi connectivity index (χ3v) is 4.44. The van der Waals surface area contributed by atoms with Crippen LogP contribution in [0.1, 0.15) is 42.6 Å². The van der Waals surface area contributed by atoms with Gasteiger partial charge in [0.05, 0.1) is 11.1 Å². The Labute approximate surface area is 151 Å². The maximum Gasteiger partial charge on any atom is 0.254 e. The number of nitrogens with zero attached hydrogens (tertiary/aromatic N) is 2. The summed E-state index contributed by atoms with van der Waals surface area (Å²) in [6, 6.07) is 7.48. The molecule has 1 aliphatic rings. The van der Waals surface area contributed by atoms with Crippen LogP contribution in [0.15, 0.2) is 30.5 Å². The summed E-state index contributed by atoms with van der Waals surface area (Å²) >= 11 is 0. The van der Waals surface area contributed by atoms with Crippen molar-refractivity contribution >= 4 is 29.1 Å². The molecule has 1 fully saturated rings. The van der Waals surface area contributed by atoms with Crippen LogP contribution in [-0.2, 0) is 10.3 Å². The molecule has 1 aliphatic carbocycles. The van der Waals surface area contributed by atoms with Crippen molar-refractivity contribution in [1.82, 2.24) is 9.97 Å². The molecular formula is C18H22N6O2. The first-order valence-corrected chi connectivity index (χ1v) is 8.38. The Bertz CT molecular complexity index is 843. The molecule has 8 heteroatoms. The Morgan fingerprint density at radius 2 is 1.88 bits per heavy atom. The molecule has 0 radical (unpaired) electrons. The quantitative estimate of drug-likeness (QED) is 0.593. The first kappa shape index (κ1) is 17.8. The van der Waals surface area contributed by atoms with E-state index in [4.69, 9.17) is 11.5 Å². The Hall–Kier alpha value is -3.00. The zero-order valence-corrected chi connectivity index (χ0v) is 14.7. The van der Waals surface area contributed by atoms with Crippen LogP contribution in [0.3, 0.4) is 0 Å². The summed E-state index contributed by atoms with van der Waals surface area (Å²) in [5.41, 5.74) is 12.1. The first-order chi connectivity index (χ1) is 12.3. The molecule has 0 spiro atoms. The van der Waals surface area contributed by atoms with E-state index in [2.05, 4.69) is 20.6 Å². The van der Waals surface area contributed by atoms with E-state index in [9.17, 15) is 9.59 Å². The largest absolute Gasteiger partial charge is 0.367 e. The van der Waals surface area contributed by atoms with E-state index >= 15 is 0 Å². The Balaban J connectivity index is 1.80. The maximum atomic E-state index is 11.7. The number of benzene rings is 1. The molecule has 1 heterocycles. The fourth-order valence-corrected chi connectivity index (χ4v) is 2.39. The van der Waals surface area contributed by atoms with Crippen molar-refractivity contribution in [3.63, 3.8) is 0 Å². The van der Waals surface area contributed by atoms with E-state index in [0.29, 0.717) is 17.8 Å². The second-order valence-electron chi connectivity index (χ2n) is 6.70. The molecule has 1 aromatic carbocycles. The zero-order chi connectivity index (χ0) is 18.9. The molecule has 1 amide bonds. The van der Waals surface area contributed by atoms with Crippen molar-refractivity contribution in [2.75, 3.05) is 10.6 Å². The lowest BCUT2D eigenvalue weighted by Crippen LogP contribution is -2.40. The highest BCUT2D eigenvalue weighted by molar-refractivity contribution is 5.97. The smallest absolute Gasteiger partial charge is 0.254 e. The molecule has 136 valence electrons. The van der Waals surface area contributed by atoms with Crippen molar-refractivity contribution in [1.29, 1.82) is 0 Å². The number of amides is 1. The Morgan fingerprint density at radius 1 is 1.23 bits per heavy atom. The van der Waals surface area contributed by atoms with Gasteiger partial charge in [0.1, 0.15) is 5.82 Å². The molecule has 26 heavy (non-hydrogen) atoms. The van der Waals surface area contributed by atoms with Crippen LogP contribution in [0, 0.1) is 0 Å². The molecule has 3 rings (SSSR count). The second kappa shape index (κ2) is 6.72. The number of carbonyl (C=O) groups is 2. The fraction of sp³-hybridized carbons (Fsp3) is 0.333. The predicted octanol–water partition coefficient (Wildman–Crippen LogP) is 1.66. The number of primary amides is 1. The topological polar surface area (TPSA) is 136 Å². The highest BCUT2D eigenvalue weighted by Gasteiger charge is 2.26. The summed E-state index contributed by atoms with van der Waals surface area (Å²) in [6.07, 6.45) is 3.49. The molecule has 8 nitrogen and oxygen atoms in total. The lowest BCUT2D eigenvalue weighted by atomic mass is 9.89. The van der Waals surface area contributed by atoms with Gasteiger partial charge in [0, 0.05) is 17.9 Å². The number of aromatic nitrogens is 2. The van der Waals surface area contributed by atoms with Crippen molar-refractivity contribution in [2.45, 2.75) is 38.3 Å². The van der Waals surface area contributed by atoms with Gasteiger partial charge in [-0.05, 0) is 44.4 Å². The van der Waals surface area contributed by atoms with E-state index in [1.807, 2.05) is 0 Å². The van der Waals surface area contributed by atoms with Crippen molar-refractivity contribution in [2.24, 2.45) is 11.5 Å². The van der Waals surface area contributed by atoms with Gasteiger partial charge in [0.2, 0.25) is 5.95 Å². The fourth-order valence-electron chi connectivity index (χ4n) is 2.39. The molecule has 1 aromatic heterocycles. The van der Waals surface area contributed by atoms with Crippen molar-refractivity contribution in [3.05, 3.63) is 41.6 Å². The van der Waals surface area contributed by atoms with Crippen LogP contribution in [0.5, 0.6) is 0 Å². The van der Waals surface area contributed by atoms with Gasteiger partial charge in [-0.1, -0.05) is 12.1 Å². The molecule has 1 saturated carbocycles. The minimum Gasteiger partial charge on any atom is -0.367 e. The third kappa shape index (κ3) is 3.80. The number of nitrogens with one attached hydrogen (secondary N) is 2. The summed E-state index contributed by atoms with van der Waals surface area (Å²) in [5.74, 6) is 0.0862. The van der Waals surface area contributed by atoms with Gasteiger partial charge >= 0.3 is 0 Å². The monoisotopic (exact) mass is 354 g/mol. The number of Topliss-reactive ketones (excluding diaryl/α,β-unsaturated/α-hetero) is 1. The molecule has 0 bridgehead atoms. The number of hydrogen-bond donors (Lipinski definition) is 4. The maximum absolute atomic E-state index is 11.7. The number of rotatable bonds is 7. The van der Waals surface area contributed by atoms with Crippen LogP contribution >= 0.6 is 0 Å². The molecule has 1 atom stereocenters. The lowest BCUT2D eigenvalue weighted by molar-refractivity contribution is -0.121. The number of hydrogen-bond acceptors (Lipinski definition) is 7. The number of ketones is 1. The van der Waals surface area contributed by atoms with Gasteiger partial charge in [-0.15, -0.1) is 0 Å². The number of carbonyl (C=O) groups excluding carboxylic acids is 2. The van der Waals surface area contributed by atoms with Gasteiger partial charge in [0.15, 0.2) is 5.78 Å². The first-order valence-electron chi connectivity index (χ1n) is 8.38. The van der Waals surface area contributed by atoms with Gasteiger partial charge in [-0.2, -0.15) is 4.98 Å². The van der Waals surface area contributed by atoms with E-state index in [1.54, 1.807) is 31.2 Å². The zero-order valence-electron chi connectivity index (χ0n) is 14.7. The molecule has 2 aromatic rings. The highest BCUT2D eigenvalue weighted by atomic mass is 16.1. The molecule has 0 saturated heterocycles. The minimum atomic E-state index is -1.03. The Kier molecular flexibility index (Phi) is 4.60. The van der Waals surface area contributed by atoms with Crippen LogP contribution in [0.4, 0.5) is 17.5 Å². The van der Waals surface area contributed by atoms with Gasteiger partial charge in [-0.3, -0.25) is 9.59 Å². The predicted molar refractivity (Wildman–Crippen MR) is 99.1 cm³/mol. The average molecular weight is 354 g/mol. The van der Waals surface area contributed by atoms with Gasteiger partial charge < -0.3 is 22.1 Å². The normalized spacial score (nSPS) is 15.8. The number of anilines is 3. The molecule has 0 aliphatic heterocycles. The SMILES string of the molecule is CC(=O)C(C)(N)c1ccc(Nc2ncc(C(N)=O)c(NC3CC3)n2)cc1. The molecular weight excluding hydrogens is 332 g/mol. The Morgan fingerprint density at radius 3 is 2.42 bits per heavy atom. The van der Waals surface area contributed by atoms with Gasteiger partial charge in [0.25, 0.3) is 5.91 Å². The van der Waals surface area contributed by atoms with Crippen LogP contribution < -0.4 is 22.1 Å². The van der Waals surface area contributed by atoms with E-state index in [0.717, 1.165) is 24.1 Å². The van der Waals surface area contributed by atoms with E-state index in [-0.39, 0.29) is 11.3 Å². The van der Waals surface area contributed by atoms with Crippen LogP contribution in [-0.4, -0.2) is 27.7 Å². The van der Waals surface area contributed by atoms with Crippen LogP contribution in [0.25, 0.3) is 0 Å². The highest BCUT2D eigenvalue weighted by Crippen LogP contribution is 2.27. The van der Waals surface area contributed by atoms with E-state index in [1.165, 1.54) is 13.1 Å². The minimum absolute atomic E-state index is 0.112. The average Bonchev–Trinajstić information content (AvgIpc) is 3.39. The molecule has 1 unspecified atom stereocenters. The number of nitrogens with two attached hydrogens (primary N) is 2. The summed E-state index contributed by atoms with van der Waals surface area (Å²) in [7, 11) is 0. The van der Waals surface area contributed by atoms with Crippen LogP contribution in [0.2, 0.25) is 0 Å². The standard InChI is InChI=1S/C18H22N6O2/c1-10(25)18(2,20)11-3-5-13(6-4-11)23-17-21-9-14(15(19)26)16(24-17)22-12-7-8-12/h3-6,9,12H,7-8,20H2,1-2H3,(H2,19,26)(H2,21,22,23,24). The summed E-state index contributed by atoms with van der Waals surface area (Å²) < 4.78 is 0.